The molecule has 0 heterocycles. The van der Waals surface area contributed by atoms with E-state index in [1.807, 2.05) is 6.08 Å². The normalized spacial score (nSPS) is 13.0. The fraction of sp³-hybridized carbons (Fsp3) is 0.891. The number of esters is 2. The van der Waals surface area contributed by atoms with Crippen LogP contribution >= 0.6 is 0 Å². The Morgan fingerprint density at radius 2 is 0.963 bits per heavy atom. The van der Waals surface area contributed by atoms with Crippen molar-refractivity contribution in [1.82, 2.24) is 0 Å². The number of hydrogen-bond acceptors (Lipinski definition) is 7. The standard InChI is InChI=1S/C46H87NO7/c1-6-8-10-12-14-15-16-17-18-19-20-21-22-23-24-25-26-27-28-29-31-33-35-37-45(49)54-42(40-52-39-38-43(46(50)51)47(3,4)5)41-53-44(48)36-34-32-30-13-11-9-7-2/h30,32,42-43H,6-29,31,33-41H2,1-5H3/b32-30+. The highest BCUT2D eigenvalue weighted by Crippen LogP contribution is 2.16. The molecule has 0 spiro atoms. The molecule has 0 rings (SSSR count). The summed E-state index contributed by atoms with van der Waals surface area (Å²) in [5.41, 5.74) is 0. The number of nitrogens with zero attached hydrogens (tertiary/aromatic N) is 1. The molecule has 0 aliphatic heterocycles. The van der Waals surface area contributed by atoms with Gasteiger partial charge in [0, 0.05) is 19.3 Å². The quantitative estimate of drug-likeness (QED) is 0.0264. The van der Waals surface area contributed by atoms with Crippen LogP contribution in [-0.2, 0) is 28.6 Å². The van der Waals surface area contributed by atoms with Gasteiger partial charge in [0.25, 0.3) is 0 Å². The average molecular weight is 766 g/mol. The van der Waals surface area contributed by atoms with E-state index in [1.165, 1.54) is 141 Å². The third-order valence-electron chi connectivity index (χ3n) is 10.4. The lowest BCUT2D eigenvalue weighted by molar-refractivity contribution is -0.889. The van der Waals surface area contributed by atoms with Crippen LogP contribution in [0.1, 0.15) is 213 Å². The van der Waals surface area contributed by atoms with Gasteiger partial charge in [-0.15, -0.1) is 0 Å². The van der Waals surface area contributed by atoms with Crippen molar-refractivity contribution in [3.63, 3.8) is 0 Å². The van der Waals surface area contributed by atoms with E-state index in [0.717, 1.165) is 32.1 Å². The number of likely N-dealkylation sites (N-methyl/N-ethyl adjacent to an activating group) is 1. The fourth-order valence-electron chi connectivity index (χ4n) is 6.85. The van der Waals surface area contributed by atoms with Crippen molar-refractivity contribution in [1.29, 1.82) is 0 Å². The molecule has 0 aromatic rings. The molecular weight excluding hydrogens is 679 g/mol. The summed E-state index contributed by atoms with van der Waals surface area (Å²) in [6, 6.07) is -0.724. The molecule has 0 saturated heterocycles. The van der Waals surface area contributed by atoms with Crippen molar-refractivity contribution in [2.45, 2.75) is 225 Å². The first kappa shape index (κ1) is 52.1. The number of hydrogen-bond donors (Lipinski definition) is 0. The van der Waals surface area contributed by atoms with Crippen molar-refractivity contribution in [2.24, 2.45) is 0 Å². The van der Waals surface area contributed by atoms with Gasteiger partial charge in [0.1, 0.15) is 12.6 Å². The molecule has 0 radical (unpaired) electrons. The molecule has 0 aromatic carbocycles. The van der Waals surface area contributed by atoms with Gasteiger partial charge in [-0.1, -0.05) is 180 Å². The minimum atomic E-state index is -1.13. The number of allylic oxidation sites excluding steroid dienone is 2. The molecule has 0 aromatic heterocycles. The van der Waals surface area contributed by atoms with Gasteiger partial charge >= 0.3 is 11.9 Å². The third-order valence-corrected chi connectivity index (χ3v) is 10.4. The molecule has 318 valence electrons. The second-order valence-electron chi connectivity index (χ2n) is 16.6. The van der Waals surface area contributed by atoms with E-state index in [-0.39, 0.29) is 49.1 Å². The number of carboxylic acids is 1. The summed E-state index contributed by atoms with van der Waals surface area (Å²) in [6.07, 6.45) is 40.0. The zero-order valence-corrected chi connectivity index (χ0v) is 36.2. The summed E-state index contributed by atoms with van der Waals surface area (Å²) in [6.45, 7) is 4.58. The van der Waals surface area contributed by atoms with Gasteiger partial charge in [0.2, 0.25) is 0 Å². The Morgan fingerprint density at radius 3 is 1.41 bits per heavy atom. The van der Waals surface area contributed by atoms with Gasteiger partial charge in [-0.25, -0.2) is 0 Å². The van der Waals surface area contributed by atoms with Crippen LogP contribution in [0.4, 0.5) is 0 Å². The minimum Gasteiger partial charge on any atom is -0.544 e. The maximum Gasteiger partial charge on any atom is 0.306 e. The average Bonchev–Trinajstić information content (AvgIpc) is 3.12. The summed E-state index contributed by atoms with van der Waals surface area (Å²) in [5, 5.41) is 11.6. The van der Waals surface area contributed by atoms with Crippen molar-refractivity contribution in [3.05, 3.63) is 12.2 Å². The van der Waals surface area contributed by atoms with Gasteiger partial charge in [0.15, 0.2) is 6.10 Å². The predicted octanol–water partition coefficient (Wildman–Crippen LogP) is 11.0. The van der Waals surface area contributed by atoms with Crippen molar-refractivity contribution in [2.75, 3.05) is 41.0 Å². The number of unbranched alkanes of at least 4 members (excludes halogenated alkanes) is 25. The zero-order chi connectivity index (χ0) is 40.0. The summed E-state index contributed by atoms with van der Waals surface area (Å²) in [5.74, 6) is -1.79. The van der Waals surface area contributed by atoms with Gasteiger partial charge in [-0.05, 0) is 25.7 Å². The Hall–Kier alpha value is -1.93. The first-order chi connectivity index (χ1) is 26.1. The molecule has 0 fully saturated rings. The van der Waals surface area contributed by atoms with E-state index in [9.17, 15) is 19.5 Å². The lowest BCUT2D eigenvalue weighted by Crippen LogP contribution is -2.55. The number of rotatable bonds is 41. The van der Waals surface area contributed by atoms with E-state index in [2.05, 4.69) is 19.9 Å². The van der Waals surface area contributed by atoms with Crippen molar-refractivity contribution >= 4 is 17.9 Å². The van der Waals surface area contributed by atoms with Gasteiger partial charge in [-0.2, -0.15) is 0 Å². The molecule has 0 saturated carbocycles. The Balaban J connectivity index is 4.09. The van der Waals surface area contributed by atoms with Crippen LogP contribution in [0.3, 0.4) is 0 Å². The molecule has 54 heavy (non-hydrogen) atoms. The Bertz CT molecular complexity index is 900. The Labute approximate surface area is 333 Å². The summed E-state index contributed by atoms with van der Waals surface area (Å²) < 4.78 is 17.0. The fourth-order valence-corrected chi connectivity index (χ4v) is 6.85. The highest BCUT2D eigenvalue weighted by molar-refractivity contribution is 5.70. The number of carbonyl (C=O) groups is 3. The number of carbonyl (C=O) groups excluding carboxylic acids is 3. The number of carboxylic acid groups (broad SMARTS) is 1. The molecule has 2 unspecified atom stereocenters. The summed E-state index contributed by atoms with van der Waals surface area (Å²) in [7, 11) is 5.40. The van der Waals surface area contributed by atoms with Crippen LogP contribution in [0.2, 0.25) is 0 Å². The molecule has 0 N–H and O–H groups in total. The molecule has 0 aliphatic rings. The molecular formula is C46H87NO7. The van der Waals surface area contributed by atoms with Crippen LogP contribution in [-0.4, -0.2) is 75.5 Å². The Kier molecular flexibility index (Phi) is 36.6. The predicted molar refractivity (Wildman–Crippen MR) is 222 cm³/mol. The highest BCUT2D eigenvalue weighted by Gasteiger charge is 2.25. The lowest BCUT2D eigenvalue weighted by Gasteiger charge is -2.34. The number of aliphatic carboxylic acids is 1. The van der Waals surface area contributed by atoms with Crippen LogP contribution in [0.15, 0.2) is 12.2 Å². The SMILES string of the molecule is CCCCC/C=C/CCC(=O)OCC(COCCC(C(=O)[O-])[N+](C)(C)C)OC(=O)CCCCCCCCCCCCCCCCCCCCCCCCC. The molecule has 0 bridgehead atoms. The lowest BCUT2D eigenvalue weighted by atomic mass is 10.0. The van der Waals surface area contributed by atoms with E-state index in [1.54, 1.807) is 21.1 Å². The maximum absolute atomic E-state index is 12.7. The highest BCUT2D eigenvalue weighted by atomic mass is 16.6. The van der Waals surface area contributed by atoms with Crippen LogP contribution < -0.4 is 5.11 Å². The molecule has 8 heteroatoms. The Morgan fingerprint density at radius 1 is 0.537 bits per heavy atom. The van der Waals surface area contributed by atoms with E-state index < -0.39 is 18.1 Å². The third kappa shape index (κ3) is 35.8. The topological polar surface area (TPSA) is 102 Å². The van der Waals surface area contributed by atoms with E-state index in [0.29, 0.717) is 12.8 Å². The molecule has 0 amide bonds. The van der Waals surface area contributed by atoms with Crippen molar-refractivity contribution in [3.8, 4) is 0 Å². The second-order valence-corrected chi connectivity index (χ2v) is 16.6. The van der Waals surface area contributed by atoms with E-state index >= 15 is 0 Å². The maximum atomic E-state index is 12.7. The number of ether oxygens (including phenoxy) is 3. The monoisotopic (exact) mass is 766 g/mol. The summed E-state index contributed by atoms with van der Waals surface area (Å²) in [4.78, 5) is 36.6. The van der Waals surface area contributed by atoms with Gasteiger partial charge in [-0.3, -0.25) is 9.59 Å². The van der Waals surface area contributed by atoms with Crippen LogP contribution in [0.5, 0.6) is 0 Å². The first-order valence-corrected chi connectivity index (χ1v) is 22.7. The van der Waals surface area contributed by atoms with Crippen molar-refractivity contribution < 1.29 is 38.2 Å². The number of quaternary nitrogens is 1. The van der Waals surface area contributed by atoms with Crippen LogP contribution in [0, 0.1) is 0 Å². The largest absolute Gasteiger partial charge is 0.544 e. The molecule has 0 aliphatic carbocycles. The zero-order valence-electron chi connectivity index (χ0n) is 36.2. The first-order valence-electron chi connectivity index (χ1n) is 22.7. The second kappa shape index (κ2) is 38.0. The molecule has 8 nitrogen and oxygen atoms in total. The van der Waals surface area contributed by atoms with Crippen LogP contribution in [0.25, 0.3) is 0 Å². The van der Waals surface area contributed by atoms with Gasteiger partial charge in [0.05, 0.1) is 40.3 Å². The summed E-state index contributed by atoms with van der Waals surface area (Å²) >= 11 is 0. The smallest absolute Gasteiger partial charge is 0.306 e. The minimum absolute atomic E-state index is 0.0344. The van der Waals surface area contributed by atoms with Gasteiger partial charge < -0.3 is 28.6 Å². The molecule has 2 atom stereocenters. The van der Waals surface area contributed by atoms with E-state index in [4.69, 9.17) is 14.2 Å².